The number of para-hydroxylation sites is 1. The average molecular weight is 340 g/mol. The second-order valence-electron chi connectivity index (χ2n) is 5.82. The van der Waals surface area contributed by atoms with Crippen LogP contribution in [0.3, 0.4) is 0 Å². The third kappa shape index (κ3) is 2.99. The first-order valence-corrected chi connectivity index (χ1v) is 8.60. The number of hydrogen-bond donors (Lipinski definition) is 0. The minimum Gasteiger partial charge on any atom is -0.496 e. The molecule has 0 aliphatic rings. The maximum Gasteiger partial charge on any atom is 0.257 e. The normalized spacial score (nSPS) is 12.2. The number of aromatic nitrogens is 1. The molecule has 0 aliphatic heterocycles. The topological polar surface area (TPSA) is 42.4 Å². The van der Waals surface area contributed by atoms with E-state index in [1.165, 1.54) is 0 Å². The molecular formula is C19H20N2O2S. The fourth-order valence-corrected chi connectivity index (χ4v) is 3.65. The standard InChI is InChI=1S/C19H20N2O2S/c1-12-9-10-16(23-4)14(11-12)19(22)21(3)13(2)18-20-15-7-5-6-8-17(15)24-18/h5-11,13H,1-4H3/t13-/m1/s1. The Morgan fingerprint density at radius 2 is 2.00 bits per heavy atom. The van der Waals surface area contributed by atoms with Gasteiger partial charge in [-0.25, -0.2) is 4.98 Å². The molecule has 0 aliphatic carbocycles. The third-order valence-electron chi connectivity index (χ3n) is 4.15. The Morgan fingerprint density at radius 3 is 2.71 bits per heavy atom. The zero-order valence-electron chi connectivity index (χ0n) is 14.2. The van der Waals surface area contributed by atoms with E-state index in [9.17, 15) is 4.79 Å². The van der Waals surface area contributed by atoms with Gasteiger partial charge in [-0.05, 0) is 38.1 Å². The van der Waals surface area contributed by atoms with Crippen LogP contribution in [-0.2, 0) is 0 Å². The van der Waals surface area contributed by atoms with Crippen LogP contribution in [0.2, 0.25) is 0 Å². The molecule has 4 nitrogen and oxygen atoms in total. The van der Waals surface area contributed by atoms with Crippen LogP contribution < -0.4 is 4.74 Å². The molecule has 0 saturated carbocycles. The first-order valence-electron chi connectivity index (χ1n) is 7.78. The van der Waals surface area contributed by atoms with Gasteiger partial charge in [0.25, 0.3) is 5.91 Å². The van der Waals surface area contributed by atoms with E-state index in [4.69, 9.17) is 4.74 Å². The molecule has 1 atom stereocenters. The van der Waals surface area contributed by atoms with Gasteiger partial charge in [0.05, 0.1) is 28.9 Å². The molecule has 3 aromatic rings. The number of carbonyl (C=O) groups is 1. The van der Waals surface area contributed by atoms with Gasteiger partial charge in [-0.15, -0.1) is 11.3 Å². The fraction of sp³-hybridized carbons (Fsp3) is 0.263. The molecule has 5 heteroatoms. The SMILES string of the molecule is COc1ccc(C)cc1C(=O)N(C)[C@H](C)c1nc2ccccc2s1. The molecule has 0 spiro atoms. The highest BCUT2D eigenvalue weighted by molar-refractivity contribution is 7.18. The van der Waals surface area contributed by atoms with E-state index in [1.807, 2.05) is 50.2 Å². The average Bonchev–Trinajstić information content (AvgIpc) is 3.03. The number of benzene rings is 2. The van der Waals surface area contributed by atoms with Crippen LogP contribution in [0.25, 0.3) is 10.2 Å². The van der Waals surface area contributed by atoms with E-state index in [1.54, 1.807) is 30.4 Å². The molecule has 1 amide bonds. The Balaban J connectivity index is 1.91. The van der Waals surface area contributed by atoms with Gasteiger partial charge in [-0.2, -0.15) is 0 Å². The van der Waals surface area contributed by atoms with Gasteiger partial charge in [0.2, 0.25) is 0 Å². The van der Waals surface area contributed by atoms with Crippen molar-refractivity contribution in [2.45, 2.75) is 19.9 Å². The summed E-state index contributed by atoms with van der Waals surface area (Å²) in [5.41, 5.74) is 2.58. The zero-order chi connectivity index (χ0) is 17.3. The molecule has 24 heavy (non-hydrogen) atoms. The molecule has 0 bridgehead atoms. The number of amides is 1. The second kappa shape index (κ2) is 6.61. The molecule has 3 rings (SSSR count). The molecule has 124 valence electrons. The number of hydrogen-bond acceptors (Lipinski definition) is 4. The summed E-state index contributed by atoms with van der Waals surface area (Å²) < 4.78 is 6.48. The van der Waals surface area contributed by atoms with Crippen LogP contribution in [0.15, 0.2) is 42.5 Å². The molecule has 0 radical (unpaired) electrons. The number of fused-ring (bicyclic) bond motifs is 1. The van der Waals surface area contributed by atoms with E-state index in [-0.39, 0.29) is 11.9 Å². The summed E-state index contributed by atoms with van der Waals surface area (Å²) in [6, 6.07) is 13.5. The number of aryl methyl sites for hydroxylation is 1. The van der Waals surface area contributed by atoms with Crippen LogP contribution in [0.4, 0.5) is 0 Å². The van der Waals surface area contributed by atoms with Crippen LogP contribution in [0.5, 0.6) is 5.75 Å². The van der Waals surface area contributed by atoms with Gasteiger partial charge in [0.15, 0.2) is 0 Å². The minimum absolute atomic E-state index is 0.0673. The van der Waals surface area contributed by atoms with Crippen molar-refractivity contribution < 1.29 is 9.53 Å². The van der Waals surface area contributed by atoms with E-state index >= 15 is 0 Å². The monoisotopic (exact) mass is 340 g/mol. The number of carbonyl (C=O) groups excluding carboxylic acids is 1. The van der Waals surface area contributed by atoms with Crippen LogP contribution in [0, 0.1) is 6.92 Å². The summed E-state index contributed by atoms with van der Waals surface area (Å²) in [6.07, 6.45) is 0. The van der Waals surface area contributed by atoms with Crippen LogP contribution >= 0.6 is 11.3 Å². The third-order valence-corrected chi connectivity index (χ3v) is 5.36. The lowest BCUT2D eigenvalue weighted by Crippen LogP contribution is -2.30. The molecular weight excluding hydrogens is 320 g/mol. The van der Waals surface area contributed by atoms with Crippen molar-refractivity contribution in [2.75, 3.05) is 14.2 Å². The van der Waals surface area contributed by atoms with E-state index in [0.717, 1.165) is 20.8 Å². The number of rotatable bonds is 4. The van der Waals surface area contributed by atoms with Gasteiger partial charge in [0.1, 0.15) is 10.8 Å². The summed E-state index contributed by atoms with van der Waals surface area (Å²) in [5, 5.41) is 0.929. The summed E-state index contributed by atoms with van der Waals surface area (Å²) in [5.74, 6) is 0.524. The van der Waals surface area contributed by atoms with Crippen molar-refractivity contribution in [1.82, 2.24) is 9.88 Å². The lowest BCUT2D eigenvalue weighted by atomic mass is 10.1. The zero-order valence-corrected chi connectivity index (χ0v) is 15.1. The Morgan fingerprint density at radius 1 is 1.25 bits per heavy atom. The number of ether oxygens (including phenoxy) is 1. The smallest absolute Gasteiger partial charge is 0.257 e. The molecule has 1 heterocycles. The van der Waals surface area contributed by atoms with Crippen molar-refractivity contribution in [1.29, 1.82) is 0 Å². The second-order valence-corrected chi connectivity index (χ2v) is 6.88. The van der Waals surface area contributed by atoms with Crippen molar-refractivity contribution in [3.63, 3.8) is 0 Å². The minimum atomic E-state index is -0.111. The maximum absolute atomic E-state index is 12.9. The number of methoxy groups -OCH3 is 1. The Hall–Kier alpha value is -2.40. The Bertz CT molecular complexity index is 855. The van der Waals surface area contributed by atoms with Gasteiger partial charge in [-0.1, -0.05) is 23.8 Å². The van der Waals surface area contributed by atoms with Crippen molar-refractivity contribution in [3.05, 3.63) is 58.6 Å². The predicted molar refractivity (Wildman–Crippen MR) is 97.9 cm³/mol. The highest BCUT2D eigenvalue weighted by Crippen LogP contribution is 2.30. The van der Waals surface area contributed by atoms with Crippen molar-refractivity contribution >= 4 is 27.5 Å². The summed E-state index contributed by atoms with van der Waals surface area (Å²) >= 11 is 1.62. The summed E-state index contributed by atoms with van der Waals surface area (Å²) in [4.78, 5) is 19.3. The predicted octanol–water partition coefficient (Wildman–Crippen LogP) is 4.45. The van der Waals surface area contributed by atoms with Gasteiger partial charge in [-0.3, -0.25) is 4.79 Å². The van der Waals surface area contributed by atoms with Crippen LogP contribution in [0.1, 0.15) is 33.9 Å². The molecule has 0 unspecified atom stereocenters. The van der Waals surface area contributed by atoms with Gasteiger partial charge >= 0.3 is 0 Å². The number of thiazole rings is 1. The Kier molecular flexibility index (Phi) is 4.53. The highest BCUT2D eigenvalue weighted by Gasteiger charge is 2.24. The summed E-state index contributed by atoms with van der Waals surface area (Å²) in [7, 11) is 3.39. The molecule has 0 N–H and O–H groups in total. The van der Waals surface area contributed by atoms with Crippen molar-refractivity contribution in [3.8, 4) is 5.75 Å². The first kappa shape index (κ1) is 16.5. The Labute approximate surface area is 145 Å². The van der Waals surface area contributed by atoms with Crippen molar-refractivity contribution in [2.24, 2.45) is 0 Å². The summed E-state index contributed by atoms with van der Waals surface area (Å²) in [6.45, 7) is 3.96. The van der Waals surface area contributed by atoms with E-state index in [0.29, 0.717) is 11.3 Å². The largest absolute Gasteiger partial charge is 0.496 e. The van der Waals surface area contributed by atoms with E-state index in [2.05, 4.69) is 11.1 Å². The number of nitrogens with zero attached hydrogens (tertiary/aromatic N) is 2. The molecule has 1 aromatic heterocycles. The molecule has 0 fully saturated rings. The van der Waals surface area contributed by atoms with E-state index < -0.39 is 0 Å². The van der Waals surface area contributed by atoms with Gasteiger partial charge < -0.3 is 9.64 Å². The lowest BCUT2D eigenvalue weighted by molar-refractivity contribution is 0.0739. The molecule has 2 aromatic carbocycles. The maximum atomic E-state index is 12.9. The highest BCUT2D eigenvalue weighted by atomic mass is 32.1. The quantitative estimate of drug-likeness (QED) is 0.705. The molecule has 0 saturated heterocycles. The van der Waals surface area contributed by atoms with Crippen LogP contribution in [-0.4, -0.2) is 29.9 Å². The lowest BCUT2D eigenvalue weighted by Gasteiger charge is -2.24. The fourth-order valence-electron chi connectivity index (χ4n) is 2.59. The first-order chi connectivity index (χ1) is 11.5. The van der Waals surface area contributed by atoms with Gasteiger partial charge in [0, 0.05) is 7.05 Å².